The highest BCUT2D eigenvalue weighted by atomic mass is 32.1. The van der Waals surface area contributed by atoms with Crippen LogP contribution < -0.4 is 15.8 Å². The molecule has 1 aromatic carbocycles. The number of rotatable bonds is 10. The fourth-order valence-corrected chi connectivity index (χ4v) is 4.35. The Labute approximate surface area is 193 Å². The minimum atomic E-state index is -0.790. The second kappa shape index (κ2) is 10.3. The van der Waals surface area contributed by atoms with Crippen molar-refractivity contribution in [1.82, 2.24) is 25.9 Å². The molecule has 2 aromatic heterocycles. The predicted octanol–water partition coefficient (Wildman–Crippen LogP) is 2.57. The molecule has 0 saturated heterocycles. The van der Waals surface area contributed by atoms with Crippen molar-refractivity contribution in [1.29, 1.82) is 5.41 Å². The first-order valence-corrected chi connectivity index (χ1v) is 11.0. The van der Waals surface area contributed by atoms with Crippen LogP contribution in [-0.2, 0) is 17.8 Å². The number of benzene rings is 1. The topological polar surface area (TPSA) is 160 Å². The summed E-state index contributed by atoms with van der Waals surface area (Å²) >= 11 is 1.19. The van der Waals surface area contributed by atoms with Crippen LogP contribution in [0.1, 0.15) is 52.6 Å². The molecule has 174 valence electrons. The van der Waals surface area contributed by atoms with E-state index in [-0.39, 0.29) is 34.5 Å². The van der Waals surface area contributed by atoms with Gasteiger partial charge >= 0.3 is 5.97 Å². The van der Waals surface area contributed by atoms with Gasteiger partial charge in [0.25, 0.3) is 0 Å². The van der Waals surface area contributed by atoms with Crippen molar-refractivity contribution in [3.63, 3.8) is 0 Å². The lowest BCUT2D eigenvalue weighted by atomic mass is 9.78. The number of amidine groups is 1. The van der Waals surface area contributed by atoms with E-state index in [1.807, 2.05) is 13.8 Å². The van der Waals surface area contributed by atoms with E-state index >= 15 is 0 Å². The lowest BCUT2D eigenvalue weighted by Crippen LogP contribution is -2.41. The molecule has 1 amide bonds. The van der Waals surface area contributed by atoms with Gasteiger partial charge in [-0.05, 0) is 49.6 Å². The number of esters is 1. The predicted molar refractivity (Wildman–Crippen MR) is 119 cm³/mol. The van der Waals surface area contributed by atoms with Gasteiger partial charge in [-0.1, -0.05) is 19.1 Å². The molecular weight excluding hydrogens is 449 g/mol. The number of nitrogens with one attached hydrogen (secondary N) is 3. The minimum Gasteiger partial charge on any atom is -0.419 e. The van der Waals surface area contributed by atoms with Crippen molar-refractivity contribution < 1.29 is 18.7 Å². The molecule has 0 aliphatic rings. The van der Waals surface area contributed by atoms with Crippen molar-refractivity contribution in [3.05, 3.63) is 57.3 Å². The smallest absolute Gasteiger partial charge is 0.353 e. The summed E-state index contributed by atoms with van der Waals surface area (Å²) < 4.78 is 19.4. The Hall–Kier alpha value is -3.67. The average Bonchev–Trinajstić information content (AvgIpc) is 3.49. The fraction of sp³-hybridized carbons (Fsp3) is 0.333. The van der Waals surface area contributed by atoms with E-state index in [0.717, 1.165) is 10.9 Å². The second-order valence-electron chi connectivity index (χ2n) is 7.39. The summed E-state index contributed by atoms with van der Waals surface area (Å²) in [6.07, 6.45) is 1.61. The molecule has 0 fully saturated rings. The molecule has 0 aliphatic heterocycles. The van der Waals surface area contributed by atoms with Crippen molar-refractivity contribution in [2.45, 2.75) is 39.7 Å². The SMILES string of the molecule is CCC(CC)(Cc1ccc(C(=O)Oc2ccc(C(=N)N)cc2F)s1)C(=O)NCc1nn[nH]n1. The number of amides is 1. The standard InChI is InChI=1S/C21H24FN7O3S/c1-3-21(4-2,20(31)25-11-17-26-28-29-27-17)10-13-6-8-16(33-13)19(30)32-15-7-5-12(18(23)24)9-14(15)22/h5-9H,3-4,10-11H2,1-2H3,(H3,23,24)(H,25,31)(H,26,27,28,29). The first kappa shape index (κ1) is 24.0. The Bertz CT molecular complexity index is 1140. The second-order valence-corrected chi connectivity index (χ2v) is 8.56. The molecule has 0 saturated carbocycles. The van der Waals surface area contributed by atoms with Gasteiger partial charge in [0.05, 0.1) is 12.0 Å². The molecule has 3 aromatic rings. The Morgan fingerprint density at radius 1 is 1.27 bits per heavy atom. The molecule has 3 rings (SSSR count). The Morgan fingerprint density at radius 2 is 2.03 bits per heavy atom. The number of halogens is 1. The summed E-state index contributed by atoms with van der Waals surface area (Å²) in [6, 6.07) is 7.05. The van der Waals surface area contributed by atoms with E-state index in [9.17, 15) is 14.0 Å². The lowest BCUT2D eigenvalue weighted by Gasteiger charge is -2.29. The lowest BCUT2D eigenvalue weighted by molar-refractivity contribution is -0.131. The Balaban J connectivity index is 1.69. The molecule has 33 heavy (non-hydrogen) atoms. The maximum absolute atomic E-state index is 14.2. The number of nitrogen functional groups attached to an aromatic ring is 1. The highest BCUT2D eigenvalue weighted by molar-refractivity contribution is 7.14. The number of nitrogens with two attached hydrogens (primary N) is 1. The summed E-state index contributed by atoms with van der Waals surface area (Å²) in [7, 11) is 0. The van der Waals surface area contributed by atoms with Crippen LogP contribution in [-0.4, -0.2) is 38.3 Å². The first-order chi connectivity index (χ1) is 15.8. The van der Waals surface area contributed by atoms with E-state index in [0.29, 0.717) is 25.1 Å². The van der Waals surface area contributed by atoms with Gasteiger partial charge < -0.3 is 15.8 Å². The van der Waals surface area contributed by atoms with Crippen molar-refractivity contribution in [3.8, 4) is 5.75 Å². The maximum atomic E-state index is 14.2. The van der Waals surface area contributed by atoms with Gasteiger partial charge in [-0.15, -0.1) is 21.5 Å². The molecule has 10 nitrogen and oxygen atoms in total. The number of carbonyl (C=O) groups is 2. The van der Waals surface area contributed by atoms with Crippen LogP contribution in [0.5, 0.6) is 5.75 Å². The van der Waals surface area contributed by atoms with E-state index in [1.54, 1.807) is 12.1 Å². The summed E-state index contributed by atoms with van der Waals surface area (Å²) in [5.41, 5.74) is 4.85. The monoisotopic (exact) mass is 473 g/mol. The third-order valence-electron chi connectivity index (χ3n) is 5.45. The number of aromatic amines is 1. The number of tetrazole rings is 1. The van der Waals surface area contributed by atoms with E-state index in [2.05, 4.69) is 25.9 Å². The maximum Gasteiger partial charge on any atom is 0.353 e. The normalized spacial score (nSPS) is 11.2. The molecule has 0 radical (unpaired) electrons. The third-order valence-corrected chi connectivity index (χ3v) is 6.52. The number of H-pyrrole nitrogens is 1. The van der Waals surface area contributed by atoms with E-state index in [4.69, 9.17) is 15.9 Å². The minimum absolute atomic E-state index is 0.137. The molecule has 12 heteroatoms. The number of aromatic nitrogens is 4. The summed E-state index contributed by atoms with van der Waals surface area (Å²) in [5, 5.41) is 23.7. The van der Waals surface area contributed by atoms with Crippen molar-refractivity contribution >= 4 is 29.0 Å². The quantitative estimate of drug-likeness (QED) is 0.152. The number of nitrogens with zero attached hydrogens (tertiary/aromatic N) is 3. The largest absolute Gasteiger partial charge is 0.419 e. The van der Waals surface area contributed by atoms with Gasteiger partial charge in [0, 0.05) is 10.4 Å². The van der Waals surface area contributed by atoms with Crippen molar-refractivity contribution in [2.24, 2.45) is 11.1 Å². The third kappa shape index (κ3) is 5.58. The number of ether oxygens (including phenoxy) is 1. The van der Waals surface area contributed by atoms with Crippen LogP contribution in [0.15, 0.2) is 30.3 Å². The van der Waals surface area contributed by atoms with Crippen molar-refractivity contribution in [2.75, 3.05) is 0 Å². The molecule has 0 unspecified atom stereocenters. The van der Waals surface area contributed by atoms with Crippen LogP contribution in [0.4, 0.5) is 4.39 Å². The summed E-state index contributed by atoms with van der Waals surface area (Å²) in [5.74, 6) is -1.79. The van der Waals surface area contributed by atoms with Gasteiger partial charge in [-0.2, -0.15) is 5.21 Å². The van der Waals surface area contributed by atoms with E-state index in [1.165, 1.54) is 23.5 Å². The molecule has 0 spiro atoms. The number of carbonyl (C=O) groups excluding carboxylic acids is 2. The molecular formula is C21H24FN7O3S. The molecule has 5 N–H and O–H groups in total. The zero-order valence-electron chi connectivity index (χ0n) is 18.1. The molecule has 2 heterocycles. The van der Waals surface area contributed by atoms with Crippen LogP contribution >= 0.6 is 11.3 Å². The zero-order chi connectivity index (χ0) is 24.0. The number of hydrogen-bond acceptors (Lipinski definition) is 8. The Kier molecular flexibility index (Phi) is 7.48. The highest BCUT2D eigenvalue weighted by Crippen LogP contribution is 2.34. The van der Waals surface area contributed by atoms with Gasteiger partial charge in [-0.25, -0.2) is 9.18 Å². The van der Waals surface area contributed by atoms with Crippen LogP contribution in [0.3, 0.4) is 0 Å². The highest BCUT2D eigenvalue weighted by Gasteiger charge is 2.35. The van der Waals surface area contributed by atoms with Crippen LogP contribution in [0.25, 0.3) is 0 Å². The van der Waals surface area contributed by atoms with Gasteiger partial charge in [-0.3, -0.25) is 10.2 Å². The van der Waals surface area contributed by atoms with Gasteiger partial charge in [0.2, 0.25) is 5.91 Å². The Morgan fingerprint density at radius 3 is 2.64 bits per heavy atom. The number of thiophene rings is 1. The number of hydrogen-bond donors (Lipinski definition) is 4. The van der Waals surface area contributed by atoms with Crippen LogP contribution in [0.2, 0.25) is 0 Å². The van der Waals surface area contributed by atoms with Crippen LogP contribution in [0, 0.1) is 16.6 Å². The zero-order valence-corrected chi connectivity index (χ0v) is 19.0. The molecule has 0 atom stereocenters. The van der Waals surface area contributed by atoms with Gasteiger partial charge in [0.1, 0.15) is 10.7 Å². The first-order valence-electron chi connectivity index (χ1n) is 10.2. The average molecular weight is 474 g/mol. The van der Waals surface area contributed by atoms with E-state index < -0.39 is 17.2 Å². The molecule has 0 bridgehead atoms. The van der Waals surface area contributed by atoms with Gasteiger partial charge in [0.15, 0.2) is 17.4 Å². The summed E-state index contributed by atoms with van der Waals surface area (Å²) in [6.45, 7) is 4.04. The molecule has 0 aliphatic carbocycles. The fourth-order valence-electron chi connectivity index (χ4n) is 3.32. The summed E-state index contributed by atoms with van der Waals surface area (Å²) in [4.78, 5) is 26.6.